The van der Waals surface area contributed by atoms with Gasteiger partial charge in [0.05, 0.1) is 5.54 Å². The van der Waals surface area contributed by atoms with E-state index in [1.165, 1.54) is 4.90 Å². The number of nitrogens with one attached hydrogen (secondary N) is 2. The predicted molar refractivity (Wildman–Crippen MR) is 117 cm³/mol. The smallest absolute Gasteiger partial charge is 0.316 e. The molecular weight excluding hydrogens is 502 g/mol. The van der Waals surface area contributed by atoms with E-state index in [9.17, 15) is 23.2 Å². The Morgan fingerprint density at radius 3 is 2.69 bits per heavy atom. The largest absolute Gasteiger partial charge is 0.400 e. The average molecular weight is 519 g/mol. The molecule has 0 spiro atoms. The van der Waals surface area contributed by atoms with Crippen molar-refractivity contribution in [3.63, 3.8) is 0 Å². The Morgan fingerprint density at radius 2 is 2.00 bits per heavy atom. The van der Waals surface area contributed by atoms with Crippen molar-refractivity contribution < 1.29 is 32.1 Å². The first-order valence-electron chi connectivity index (χ1n) is 11.1. The van der Waals surface area contributed by atoms with Gasteiger partial charge >= 0.3 is 6.01 Å². The summed E-state index contributed by atoms with van der Waals surface area (Å²) in [4.78, 5) is 38.5. The lowest BCUT2D eigenvalue weighted by atomic mass is 9.99. The molecule has 0 bridgehead atoms. The summed E-state index contributed by atoms with van der Waals surface area (Å²) in [6, 6.07) is 3.80. The number of carbonyl (C=O) groups excluding carboxylic acids is 3. The van der Waals surface area contributed by atoms with Crippen LogP contribution in [0.3, 0.4) is 0 Å². The van der Waals surface area contributed by atoms with Gasteiger partial charge in [0.2, 0.25) is 17.6 Å². The van der Waals surface area contributed by atoms with Crippen LogP contribution in [0.5, 0.6) is 0 Å². The van der Waals surface area contributed by atoms with E-state index in [2.05, 4.69) is 26.0 Å². The van der Waals surface area contributed by atoms with Crippen LogP contribution in [0.2, 0.25) is 5.02 Å². The molecule has 0 radical (unpaired) electrons. The summed E-state index contributed by atoms with van der Waals surface area (Å²) in [5.74, 6) is -1.39. The Kier molecular flexibility index (Phi) is 5.07. The van der Waals surface area contributed by atoms with Crippen molar-refractivity contribution in [1.82, 2.24) is 25.6 Å². The number of rotatable bonds is 6. The van der Waals surface area contributed by atoms with Crippen molar-refractivity contribution in [2.24, 2.45) is 0 Å². The highest BCUT2D eigenvalue weighted by atomic mass is 35.5. The number of benzene rings is 1. The van der Waals surface area contributed by atoms with E-state index >= 15 is 0 Å². The van der Waals surface area contributed by atoms with Gasteiger partial charge < -0.3 is 19.2 Å². The van der Waals surface area contributed by atoms with E-state index in [1.807, 2.05) is 0 Å². The van der Waals surface area contributed by atoms with Crippen LogP contribution in [0, 0.1) is 0 Å². The lowest BCUT2D eigenvalue weighted by molar-refractivity contribution is -0.136. The lowest BCUT2D eigenvalue weighted by Crippen LogP contribution is -2.52. The second-order valence-electron chi connectivity index (χ2n) is 8.92. The summed E-state index contributed by atoms with van der Waals surface area (Å²) >= 11 is 6.56. The Hall–Kier alpha value is -3.87. The number of aromatic nitrogens is 3. The molecular formula is C22H17ClF2N6O5. The molecule has 186 valence electrons. The van der Waals surface area contributed by atoms with Crippen LogP contribution in [-0.2, 0) is 21.7 Å². The highest BCUT2D eigenvalue weighted by molar-refractivity contribution is 6.32. The SMILES string of the molecule is O=C1CCC(N2Cc3c(Cl)cc(C4(Nc5nnc(-c6cc(C(F)F)no6)o5)CC4)cc3C2=O)C(=O)N1. The third-order valence-corrected chi connectivity index (χ3v) is 6.98. The van der Waals surface area contributed by atoms with Crippen molar-refractivity contribution in [3.05, 3.63) is 45.6 Å². The van der Waals surface area contributed by atoms with Crippen LogP contribution < -0.4 is 10.6 Å². The number of hydrogen-bond donors (Lipinski definition) is 2. The fourth-order valence-electron chi connectivity index (χ4n) is 4.57. The van der Waals surface area contributed by atoms with Gasteiger partial charge in [0.15, 0.2) is 5.69 Å². The van der Waals surface area contributed by atoms with Crippen molar-refractivity contribution in [1.29, 1.82) is 0 Å². The van der Waals surface area contributed by atoms with Crippen LogP contribution in [0.1, 0.15) is 59.3 Å². The predicted octanol–water partition coefficient (Wildman–Crippen LogP) is 3.18. The molecule has 2 aromatic heterocycles. The minimum atomic E-state index is -2.80. The van der Waals surface area contributed by atoms with Gasteiger partial charge in [-0.05, 0) is 37.0 Å². The van der Waals surface area contributed by atoms with Crippen LogP contribution in [0.25, 0.3) is 11.7 Å². The Bertz CT molecular complexity index is 1420. The molecule has 1 aliphatic carbocycles. The maximum atomic E-state index is 13.2. The van der Waals surface area contributed by atoms with Crippen molar-refractivity contribution in [3.8, 4) is 11.7 Å². The molecule has 4 heterocycles. The molecule has 11 nitrogen and oxygen atoms in total. The van der Waals surface area contributed by atoms with Gasteiger partial charge in [-0.3, -0.25) is 19.7 Å². The topological polar surface area (TPSA) is 143 Å². The number of halogens is 3. The fraction of sp³-hybridized carbons (Fsp3) is 0.364. The van der Waals surface area contributed by atoms with E-state index in [-0.39, 0.29) is 48.9 Å². The quantitative estimate of drug-likeness (QED) is 0.470. The minimum Gasteiger partial charge on any atom is -0.400 e. The third-order valence-electron chi connectivity index (χ3n) is 6.64. The number of nitrogens with zero attached hydrogens (tertiary/aromatic N) is 4. The van der Waals surface area contributed by atoms with Gasteiger partial charge in [0.25, 0.3) is 18.2 Å². The van der Waals surface area contributed by atoms with Crippen LogP contribution in [-0.4, -0.2) is 44.0 Å². The maximum absolute atomic E-state index is 13.2. The molecule has 1 saturated carbocycles. The van der Waals surface area contributed by atoms with E-state index in [0.29, 0.717) is 29.0 Å². The molecule has 2 fully saturated rings. The molecule has 1 saturated heterocycles. The summed E-state index contributed by atoms with van der Waals surface area (Å²) in [5, 5.41) is 16.8. The molecule has 2 N–H and O–H groups in total. The molecule has 2 aliphatic heterocycles. The summed E-state index contributed by atoms with van der Waals surface area (Å²) in [6.45, 7) is 0.171. The normalized spacial score (nSPS) is 20.6. The molecule has 3 aliphatic rings. The molecule has 3 amide bonds. The summed E-state index contributed by atoms with van der Waals surface area (Å²) < 4.78 is 35.9. The zero-order valence-electron chi connectivity index (χ0n) is 18.4. The number of carbonyl (C=O) groups is 3. The van der Waals surface area contributed by atoms with Gasteiger partial charge in [0, 0.05) is 35.2 Å². The maximum Gasteiger partial charge on any atom is 0.316 e. The minimum absolute atomic E-state index is 0.0330. The fourth-order valence-corrected chi connectivity index (χ4v) is 4.85. The van der Waals surface area contributed by atoms with Gasteiger partial charge in [-0.25, -0.2) is 8.78 Å². The Labute approximate surface area is 206 Å². The monoisotopic (exact) mass is 518 g/mol. The highest BCUT2D eigenvalue weighted by Gasteiger charge is 2.48. The number of amides is 3. The number of fused-ring (bicyclic) bond motifs is 1. The molecule has 1 aromatic carbocycles. The van der Waals surface area contributed by atoms with E-state index in [4.69, 9.17) is 20.5 Å². The molecule has 1 unspecified atom stereocenters. The van der Waals surface area contributed by atoms with Gasteiger partial charge in [-0.2, -0.15) is 0 Å². The molecule has 14 heteroatoms. The van der Waals surface area contributed by atoms with E-state index in [0.717, 1.165) is 11.6 Å². The molecule has 3 aromatic rings. The first-order valence-corrected chi connectivity index (χ1v) is 11.5. The van der Waals surface area contributed by atoms with Crippen molar-refractivity contribution in [2.75, 3.05) is 5.32 Å². The average Bonchev–Trinajstić information content (AvgIpc) is 3.16. The molecule has 36 heavy (non-hydrogen) atoms. The third kappa shape index (κ3) is 3.70. The summed E-state index contributed by atoms with van der Waals surface area (Å²) in [6.07, 6.45) is -1.02. The van der Waals surface area contributed by atoms with Crippen LogP contribution >= 0.6 is 11.6 Å². The van der Waals surface area contributed by atoms with E-state index in [1.54, 1.807) is 12.1 Å². The second-order valence-corrected chi connectivity index (χ2v) is 9.33. The zero-order valence-corrected chi connectivity index (χ0v) is 19.1. The second kappa shape index (κ2) is 8.08. The summed E-state index contributed by atoms with van der Waals surface area (Å²) in [5.41, 5.74) is 0.568. The standard InChI is InChI=1S/C22H17ClF2N6O5/c23-12-6-9(5-10-11(12)8-31(20(10)34)14-1-2-16(32)26-18(14)33)22(3-4-22)27-21-29-28-19(35-21)15-7-13(17(24)25)30-36-15/h5-7,14,17H,1-4,8H2,(H,27,29)(H,26,32,33). The van der Waals surface area contributed by atoms with E-state index < -0.39 is 29.6 Å². The lowest BCUT2D eigenvalue weighted by Gasteiger charge is -2.29. The van der Waals surface area contributed by atoms with Gasteiger partial charge in [-0.1, -0.05) is 21.9 Å². The molecule has 6 rings (SSSR count). The van der Waals surface area contributed by atoms with Crippen molar-refractivity contribution in [2.45, 2.75) is 50.2 Å². The van der Waals surface area contributed by atoms with Crippen molar-refractivity contribution >= 4 is 35.3 Å². The molecule has 1 atom stereocenters. The first kappa shape index (κ1) is 22.6. The summed E-state index contributed by atoms with van der Waals surface area (Å²) in [7, 11) is 0. The Balaban J connectivity index is 1.23. The zero-order chi connectivity index (χ0) is 25.2. The number of anilines is 1. The number of piperidine rings is 1. The van der Waals surface area contributed by atoms with Crippen LogP contribution in [0.4, 0.5) is 14.8 Å². The number of imide groups is 1. The Morgan fingerprint density at radius 1 is 1.19 bits per heavy atom. The first-order chi connectivity index (χ1) is 17.2. The number of hydrogen-bond acceptors (Lipinski definition) is 9. The van der Waals surface area contributed by atoms with Gasteiger partial charge in [-0.15, -0.1) is 5.10 Å². The van der Waals surface area contributed by atoms with Gasteiger partial charge in [0.1, 0.15) is 6.04 Å². The number of alkyl halides is 2. The highest BCUT2D eigenvalue weighted by Crippen LogP contribution is 2.50. The van der Waals surface area contributed by atoms with Crippen LogP contribution in [0.15, 0.2) is 27.1 Å².